The van der Waals surface area contributed by atoms with Crippen molar-refractivity contribution in [3.05, 3.63) is 56.3 Å². The van der Waals surface area contributed by atoms with Gasteiger partial charge in [-0.1, -0.05) is 11.6 Å². The molecule has 0 aliphatic rings. The molecule has 27 heavy (non-hydrogen) atoms. The Labute approximate surface area is 160 Å². The third-order valence-corrected chi connectivity index (χ3v) is 5.95. The van der Waals surface area contributed by atoms with Crippen molar-refractivity contribution in [1.29, 1.82) is 0 Å². The van der Waals surface area contributed by atoms with Gasteiger partial charge in [0.2, 0.25) is 0 Å². The minimum atomic E-state index is -4.04. The van der Waals surface area contributed by atoms with Crippen molar-refractivity contribution in [1.82, 2.24) is 18.3 Å². The quantitative estimate of drug-likeness (QED) is 0.658. The number of halogens is 1. The van der Waals surface area contributed by atoms with E-state index >= 15 is 0 Å². The van der Waals surface area contributed by atoms with E-state index in [0.717, 1.165) is 14.9 Å². The highest BCUT2D eigenvalue weighted by Crippen LogP contribution is 2.19. The zero-order valence-corrected chi connectivity index (χ0v) is 16.8. The fraction of sp³-hybridized carbons (Fsp3) is 0.353. The standard InChI is InChI=1S/C17H19ClN4O4S/c1-10(2)21-15-14(16(23)22(11(3)4)17(21)24)9-20(19-15)27(25,26)13-7-5-12(18)6-8-13/h5-11H,1-4H3. The van der Waals surface area contributed by atoms with E-state index in [-0.39, 0.29) is 28.0 Å². The smallest absolute Gasteiger partial charge is 0.273 e. The summed E-state index contributed by atoms with van der Waals surface area (Å²) in [5, 5.41) is 4.53. The van der Waals surface area contributed by atoms with Gasteiger partial charge in [0.1, 0.15) is 5.39 Å². The minimum absolute atomic E-state index is 0.0256. The van der Waals surface area contributed by atoms with Crippen LogP contribution in [-0.2, 0) is 10.0 Å². The maximum absolute atomic E-state index is 12.9. The van der Waals surface area contributed by atoms with Crippen molar-refractivity contribution in [2.45, 2.75) is 44.7 Å². The first-order valence-electron chi connectivity index (χ1n) is 8.33. The fourth-order valence-electron chi connectivity index (χ4n) is 2.85. The van der Waals surface area contributed by atoms with Gasteiger partial charge in [0.05, 0.1) is 11.1 Å². The average Bonchev–Trinajstić information content (AvgIpc) is 3.00. The van der Waals surface area contributed by atoms with Crippen LogP contribution in [0.3, 0.4) is 0 Å². The first-order valence-corrected chi connectivity index (χ1v) is 10.1. The monoisotopic (exact) mass is 410 g/mol. The van der Waals surface area contributed by atoms with Gasteiger partial charge in [-0.3, -0.25) is 13.9 Å². The minimum Gasteiger partial charge on any atom is -0.273 e. The van der Waals surface area contributed by atoms with Crippen molar-refractivity contribution in [2.24, 2.45) is 0 Å². The second-order valence-corrected chi connectivity index (χ2v) is 8.95. The zero-order valence-electron chi connectivity index (χ0n) is 15.2. The molecule has 1 aromatic carbocycles. The van der Waals surface area contributed by atoms with Gasteiger partial charge in [0.25, 0.3) is 15.6 Å². The summed E-state index contributed by atoms with van der Waals surface area (Å²) in [6.07, 6.45) is 1.15. The topological polar surface area (TPSA) is 96.0 Å². The molecule has 10 heteroatoms. The summed E-state index contributed by atoms with van der Waals surface area (Å²) >= 11 is 5.81. The number of hydrogen-bond donors (Lipinski definition) is 0. The predicted octanol–water partition coefficient (Wildman–Crippen LogP) is 2.41. The van der Waals surface area contributed by atoms with E-state index in [2.05, 4.69) is 5.10 Å². The molecule has 2 aromatic heterocycles. The molecule has 0 unspecified atom stereocenters. The highest BCUT2D eigenvalue weighted by atomic mass is 35.5. The van der Waals surface area contributed by atoms with Crippen molar-refractivity contribution in [3.8, 4) is 0 Å². The third-order valence-electron chi connectivity index (χ3n) is 4.15. The van der Waals surface area contributed by atoms with Crippen molar-refractivity contribution >= 4 is 32.7 Å². The van der Waals surface area contributed by atoms with E-state index in [1.807, 2.05) is 0 Å². The molecule has 0 saturated carbocycles. The lowest BCUT2D eigenvalue weighted by Crippen LogP contribution is -2.41. The second kappa shape index (κ2) is 6.65. The van der Waals surface area contributed by atoms with Crippen LogP contribution < -0.4 is 11.2 Å². The van der Waals surface area contributed by atoms with Crippen LogP contribution in [0.1, 0.15) is 39.8 Å². The molecule has 0 atom stereocenters. The van der Waals surface area contributed by atoms with E-state index in [9.17, 15) is 18.0 Å². The third kappa shape index (κ3) is 3.10. The van der Waals surface area contributed by atoms with Crippen LogP contribution in [0.5, 0.6) is 0 Å². The summed E-state index contributed by atoms with van der Waals surface area (Å²) < 4.78 is 28.9. The SMILES string of the molecule is CC(C)n1c(=O)c2cn(S(=O)(=O)c3ccc(Cl)cc3)nc2n(C(C)C)c1=O. The molecule has 0 amide bonds. The van der Waals surface area contributed by atoms with Crippen LogP contribution in [0.25, 0.3) is 11.0 Å². The zero-order chi connectivity index (χ0) is 20.1. The summed E-state index contributed by atoms with van der Waals surface area (Å²) in [6, 6.07) is 4.92. The van der Waals surface area contributed by atoms with E-state index in [1.54, 1.807) is 27.7 Å². The number of hydrogen-bond acceptors (Lipinski definition) is 5. The Morgan fingerprint density at radius 1 is 0.963 bits per heavy atom. The van der Waals surface area contributed by atoms with Crippen molar-refractivity contribution in [2.75, 3.05) is 0 Å². The molecule has 2 heterocycles. The molecule has 3 rings (SSSR count). The molecule has 0 aliphatic carbocycles. The van der Waals surface area contributed by atoms with Crippen molar-refractivity contribution in [3.63, 3.8) is 0 Å². The average molecular weight is 411 g/mol. The largest absolute Gasteiger partial charge is 0.333 e. The summed E-state index contributed by atoms with van der Waals surface area (Å²) in [7, 11) is -4.04. The number of rotatable bonds is 4. The Hall–Kier alpha value is -2.39. The molecular weight excluding hydrogens is 392 g/mol. The summed E-state index contributed by atoms with van der Waals surface area (Å²) in [6.45, 7) is 6.97. The molecule has 3 aromatic rings. The lowest BCUT2D eigenvalue weighted by Gasteiger charge is -2.15. The normalized spacial score (nSPS) is 12.4. The van der Waals surface area contributed by atoms with Crippen molar-refractivity contribution < 1.29 is 8.42 Å². The van der Waals surface area contributed by atoms with E-state index < -0.39 is 21.3 Å². The molecule has 8 nitrogen and oxygen atoms in total. The van der Waals surface area contributed by atoms with Crippen LogP contribution in [0.15, 0.2) is 44.9 Å². The molecule has 0 N–H and O–H groups in total. The van der Waals surface area contributed by atoms with Crippen LogP contribution in [0.2, 0.25) is 5.02 Å². The van der Waals surface area contributed by atoms with Gasteiger partial charge < -0.3 is 0 Å². The Bertz CT molecular complexity index is 1230. The van der Waals surface area contributed by atoms with Gasteiger partial charge in [-0.25, -0.2) is 4.79 Å². The summed E-state index contributed by atoms with van der Waals surface area (Å²) in [5.41, 5.74) is -1.06. The highest BCUT2D eigenvalue weighted by Gasteiger charge is 2.24. The van der Waals surface area contributed by atoms with Crippen LogP contribution in [0.4, 0.5) is 0 Å². The Morgan fingerprint density at radius 2 is 1.52 bits per heavy atom. The van der Waals surface area contributed by atoms with E-state index in [4.69, 9.17) is 11.6 Å². The lowest BCUT2D eigenvalue weighted by atomic mass is 10.3. The van der Waals surface area contributed by atoms with Crippen LogP contribution in [-0.4, -0.2) is 26.7 Å². The maximum Gasteiger partial charge on any atom is 0.333 e. The predicted molar refractivity (Wildman–Crippen MR) is 103 cm³/mol. The Kier molecular flexibility index (Phi) is 4.77. The van der Waals surface area contributed by atoms with Gasteiger partial charge in [-0.15, -0.1) is 5.10 Å². The first-order chi connectivity index (χ1) is 12.6. The van der Waals surface area contributed by atoms with Crippen LogP contribution >= 0.6 is 11.6 Å². The molecule has 0 radical (unpaired) electrons. The molecule has 144 valence electrons. The molecule has 0 bridgehead atoms. The number of nitrogens with zero attached hydrogens (tertiary/aromatic N) is 4. The highest BCUT2D eigenvalue weighted by molar-refractivity contribution is 7.89. The van der Waals surface area contributed by atoms with Gasteiger partial charge in [0.15, 0.2) is 5.65 Å². The maximum atomic E-state index is 12.9. The first kappa shape index (κ1) is 19.4. The summed E-state index contributed by atoms with van der Waals surface area (Å²) in [5.74, 6) is 0. The van der Waals surface area contributed by atoms with E-state index in [1.165, 1.54) is 28.8 Å². The summed E-state index contributed by atoms with van der Waals surface area (Å²) in [4.78, 5) is 25.5. The molecule has 0 aliphatic heterocycles. The van der Waals surface area contributed by atoms with Gasteiger partial charge >= 0.3 is 5.69 Å². The molecule has 0 saturated heterocycles. The molecular formula is C17H19ClN4O4S. The number of aromatic nitrogens is 4. The molecule has 0 fully saturated rings. The van der Waals surface area contributed by atoms with Crippen LogP contribution in [0, 0.1) is 0 Å². The Balaban J connectivity index is 2.37. The Morgan fingerprint density at radius 3 is 2.04 bits per heavy atom. The van der Waals surface area contributed by atoms with E-state index in [0.29, 0.717) is 5.02 Å². The lowest BCUT2D eigenvalue weighted by molar-refractivity contribution is 0.486. The second-order valence-electron chi connectivity index (χ2n) is 6.71. The number of fused-ring (bicyclic) bond motifs is 1. The number of benzene rings is 1. The van der Waals surface area contributed by atoms with Gasteiger partial charge in [0, 0.05) is 17.1 Å². The van der Waals surface area contributed by atoms with Gasteiger partial charge in [-0.05, 0) is 52.0 Å². The molecule has 0 spiro atoms. The fourth-order valence-corrected chi connectivity index (χ4v) is 4.11. The van der Waals surface area contributed by atoms with Gasteiger partial charge in [-0.2, -0.15) is 12.5 Å².